The molecule has 104 valence electrons. The zero-order valence-corrected chi connectivity index (χ0v) is 12.8. The zero-order chi connectivity index (χ0) is 14.7. The van der Waals surface area contributed by atoms with Crippen LogP contribution in [0.15, 0.2) is 40.9 Å². The standard InChI is InChI=1S/C15H15BrN2O2/c1-9-3-5-11(12(16)7-9)15(19)18-14-8-10(20-2)4-6-13(14)17/h3-8H,17H2,1-2H3,(H,18,19). The predicted octanol–water partition coefficient (Wildman–Crippen LogP) is 3.60. The summed E-state index contributed by atoms with van der Waals surface area (Å²) < 4.78 is 5.87. The number of ether oxygens (including phenoxy) is 1. The first-order chi connectivity index (χ1) is 9.51. The second-order valence-electron chi connectivity index (χ2n) is 4.39. The van der Waals surface area contributed by atoms with Gasteiger partial charge in [0.2, 0.25) is 0 Å². The van der Waals surface area contributed by atoms with E-state index in [2.05, 4.69) is 21.2 Å². The maximum atomic E-state index is 12.3. The van der Waals surface area contributed by atoms with Crippen LogP contribution in [0.2, 0.25) is 0 Å². The molecule has 0 fully saturated rings. The monoisotopic (exact) mass is 334 g/mol. The van der Waals surface area contributed by atoms with Crippen molar-refractivity contribution in [3.63, 3.8) is 0 Å². The molecule has 0 atom stereocenters. The summed E-state index contributed by atoms with van der Waals surface area (Å²) >= 11 is 3.39. The lowest BCUT2D eigenvalue weighted by Crippen LogP contribution is -2.14. The Morgan fingerprint density at radius 1 is 1.25 bits per heavy atom. The number of nitrogens with one attached hydrogen (secondary N) is 1. The maximum absolute atomic E-state index is 12.3. The van der Waals surface area contributed by atoms with E-state index >= 15 is 0 Å². The average Bonchev–Trinajstić information content (AvgIpc) is 2.41. The van der Waals surface area contributed by atoms with Crippen LogP contribution in [0.5, 0.6) is 5.75 Å². The van der Waals surface area contributed by atoms with Crippen molar-refractivity contribution in [1.29, 1.82) is 0 Å². The van der Waals surface area contributed by atoms with Crippen LogP contribution in [-0.2, 0) is 0 Å². The van der Waals surface area contributed by atoms with E-state index < -0.39 is 0 Å². The Balaban J connectivity index is 2.27. The lowest BCUT2D eigenvalue weighted by atomic mass is 10.1. The largest absolute Gasteiger partial charge is 0.497 e. The van der Waals surface area contributed by atoms with Crippen molar-refractivity contribution in [2.24, 2.45) is 0 Å². The molecule has 0 bridgehead atoms. The van der Waals surface area contributed by atoms with Crippen molar-refractivity contribution in [2.45, 2.75) is 6.92 Å². The molecule has 0 heterocycles. The van der Waals surface area contributed by atoms with E-state index in [1.165, 1.54) is 0 Å². The number of hydrogen-bond donors (Lipinski definition) is 2. The van der Waals surface area contributed by atoms with Gasteiger partial charge in [0, 0.05) is 10.5 Å². The number of hydrogen-bond acceptors (Lipinski definition) is 3. The van der Waals surface area contributed by atoms with Crippen molar-refractivity contribution >= 4 is 33.2 Å². The fourth-order valence-corrected chi connectivity index (χ4v) is 2.44. The molecule has 0 saturated heterocycles. The molecule has 0 saturated carbocycles. The summed E-state index contributed by atoms with van der Waals surface area (Å²) in [5.74, 6) is 0.411. The molecule has 0 aliphatic heterocycles. The third-order valence-electron chi connectivity index (χ3n) is 2.88. The molecular formula is C15H15BrN2O2. The molecule has 20 heavy (non-hydrogen) atoms. The number of carbonyl (C=O) groups is 1. The Bertz CT molecular complexity index is 656. The normalized spacial score (nSPS) is 10.2. The first kappa shape index (κ1) is 14.4. The van der Waals surface area contributed by atoms with Gasteiger partial charge in [-0.25, -0.2) is 0 Å². The quantitative estimate of drug-likeness (QED) is 0.843. The number of halogens is 1. The third kappa shape index (κ3) is 3.11. The first-order valence-electron chi connectivity index (χ1n) is 6.02. The van der Waals surface area contributed by atoms with Gasteiger partial charge in [0.15, 0.2) is 0 Å². The Labute approximate surface area is 126 Å². The second-order valence-corrected chi connectivity index (χ2v) is 5.24. The number of aryl methyl sites for hydroxylation is 1. The highest BCUT2D eigenvalue weighted by atomic mass is 79.9. The lowest BCUT2D eigenvalue weighted by molar-refractivity contribution is 0.102. The van der Waals surface area contributed by atoms with Crippen LogP contribution in [0.4, 0.5) is 11.4 Å². The Morgan fingerprint density at radius 3 is 2.65 bits per heavy atom. The summed E-state index contributed by atoms with van der Waals surface area (Å²) in [6, 6.07) is 10.7. The predicted molar refractivity (Wildman–Crippen MR) is 84.2 cm³/mol. The van der Waals surface area contributed by atoms with Crippen LogP contribution in [0.1, 0.15) is 15.9 Å². The van der Waals surface area contributed by atoms with Gasteiger partial charge in [-0.15, -0.1) is 0 Å². The van der Waals surface area contributed by atoms with Gasteiger partial charge in [-0.3, -0.25) is 4.79 Å². The Kier molecular flexibility index (Phi) is 4.29. The molecular weight excluding hydrogens is 320 g/mol. The molecule has 3 N–H and O–H groups in total. The van der Waals surface area contributed by atoms with Gasteiger partial charge in [-0.05, 0) is 52.7 Å². The molecule has 0 aliphatic carbocycles. The van der Waals surface area contributed by atoms with Gasteiger partial charge in [0.1, 0.15) is 5.75 Å². The molecule has 2 aromatic rings. The topological polar surface area (TPSA) is 64.3 Å². The third-order valence-corrected chi connectivity index (χ3v) is 3.53. The number of benzene rings is 2. The number of methoxy groups -OCH3 is 1. The number of rotatable bonds is 3. The summed E-state index contributed by atoms with van der Waals surface area (Å²) in [6.45, 7) is 1.96. The van der Waals surface area contributed by atoms with Crippen molar-refractivity contribution in [3.05, 3.63) is 52.0 Å². The van der Waals surface area contributed by atoms with Crippen molar-refractivity contribution in [3.8, 4) is 5.75 Å². The highest BCUT2D eigenvalue weighted by molar-refractivity contribution is 9.10. The molecule has 0 aromatic heterocycles. The van der Waals surface area contributed by atoms with E-state index in [1.807, 2.05) is 19.1 Å². The molecule has 1 amide bonds. The van der Waals surface area contributed by atoms with Gasteiger partial charge < -0.3 is 15.8 Å². The van der Waals surface area contributed by atoms with Crippen LogP contribution < -0.4 is 15.8 Å². The van der Waals surface area contributed by atoms with Gasteiger partial charge in [-0.1, -0.05) is 6.07 Å². The van der Waals surface area contributed by atoms with E-state index in [1.54, 1.807) is 31.4 Å². The number of carbonyl (C=O) groups excluding carboxylic acids is 1. The molecule has 0 aliphatic rings. The van der Waals surface area contributed by atoms with Crippen LogP contribution in [0, 0.1) is 6.92 Å². The van der Waals surface area contributed by atoms with Crippen LogP contribution in [0.25, 0.3) is 0 Å². The Hall–Kier alpha value is -2.01. The second kappa shape index (κ2) is 5.96. The number of anilines is 2. The molecule has 2 rings (SSSR count). The summed E-state index contributed by atoms with van der Waals surface area (Å²) in [6.07, 6.45) is 0. The first-order valence-corrected chi connectivity index (χ1v) is 6.81. The lowest BCUT2D eigenvalue weighted by Gasteiger charge is -2.11. The smallest absolute Gasteiger partial charge is 0.256 e. The molecule has 2 aromatic carbocycles. The van der Waals surface area contributed by atoms with Crippen LogP contribution in [-0.4, -0.2) is 13.0 Å². The summed E-state index contributed by atoms with van der Waals surface area (Å²) in [4.78, 5) is 12.3. The van der Waals surface area contributed by atoms with Crippen LogP contribution in [0.3, 0.4) is 0 Å². The molecule has 0 spiro atoms. The maximum Gasteiger partial charge on any atom is 0.256 e. The number of amides is 1. The van der Waals surface area contributed by atoms with E-state index in [-0.39, 0.29) is 5.91 Å². The van der Waals surface area contributed by atoms with Gasteiger partial charge in [0.25, 0.3) is 5.91 Å². The minimum absolute atomic E-state index is 0.225. The summed E-state index contributed by atoms with van der Waals surface area (Å²) in [5, 5.41) is 2.79. The van der Waals surface area contributed by atoms with Crippen molar-refractivity contribution in [2.75, 3.05) is 18.2 Å². The van der Waals surface area contributed by atoms with Gasteiger partial charge in [0.05, 0.1) is 24.0 Å². The van der Waals surface area contributed by atoms with E-state index in [4.69, 9.17) is 10.5 Å². The summed E-state index contributed by atoms with van der Waals surface area (Å²) in [7, 11) is 1.56. The molecule has 0 radical (unpaired) electrons. The fourth-order valence-electron chi connectivity index (χ4n) is 1.76. The minimum Gasteiger partial charge on any atom is -0.497 e. The van der Waals surface area contributed by atoms with Gasteiger partial charge in [-0.2, -0.15) is 0 Å². The van der Waals surface area contributed by atoms with Crippen LogP contribution >= 0.6 is 15.9 Å². The minimum atomic E-state index is -0.225. The van der Waals surface area contributed by atoms with Gasteiger partial charge >= 0.3 is 0 Å². The number of nitrogen functional groups attached to an aromatic ring is 1. The molecule has 4 nitrogen and oxygen atoms in total. The zero-order valence-electron chi connectivity index (χ0n) is 11.2. The fraction of sp³-hybridized carbons (Fsp3) is 0.133. The van der Waals surface area contributed by atoms with Crippen molar-refractivity contribution < 1.29 is 9.53 Å². The molecule has 0 unspecified atom stereocenters. The molecule has 5 heteroatoms. The van der Waals surface area contributed by atoms with Crippen molar-refractivity contribution in [1.82, 2.24) is 0 Å². The van der Waals surface area contributed by atoms with E-state index in [0.717, 1.165) is 10.0 Å². The summed E-state index contributed by atoms with van der Waals surface area (Å²) in [5.41, 5.74) is 8.50. The van der Waals surface area contributed by atoms with E-state index in [0.29, 0.717) is 22.7 Å². The highest BCUT2D eigenvalue weighted by Crippen LogP contribution is 2.26. The average molecular weight is 335 g/mol. The Morgan fingerprint density at radius 2 is 2.00 bits per heavy atom. The highest BCUT2D eigenvalue weighted by Gasteiger charge is 2.12. The number of nitrogens with two attached hydrogens (primary N) is 1. The SMILES string of the molecule is COc1ccc(N)c(NC(=O)c2ccc(C)cc2Br)c1. The van der Waals surface area contributed by atoms with E-state index in [9.17, 15) is 4.79 Å².